The molecule has 0 bridgehead atoms. The first-order valence-electron chi connectivity index (χ1n) is 8.52. The Balaban J connectivity index is 3.84. The summed E-state index contributed by atoms with van der Waals surface area (Å²) in [5.74, 6) is -0.214. The molecule has 0 rings (SSSR count). The zero-order valence-electron chi connectivity index (χ0n) is 15.2. The van der Waals surface area contributed by atoms with E-state index in [4.69, 9.17) is 9.47 Å². The molecule has 0 heterocycles. The van der Waals surface area contributed by atoms with Crippen LogP contribution in [-0.4, -0.2) is 24.6 Å². The summed E-state index contributed by atoms with van der Waals surface area (Å²) >= 11 is 0. The summed E-state index contributed by atoms with van der Waals surface area (Å²) in [5.41, 5.74) is -0.408. The maximum absolute atomic E-state index is 12.0. The molecule has 4 nitrogen and oxygen atoms in total. The smallest absolute Gasteiger partial charge is 0.309 e. The maximum Gasteiger partial charge on any atom is 0.309 e. The lowest BCUT2D eigenvalue weighted by Gasteiger charge is -2.23. The zero-order chi connectivity index (χ0) is 17.2. The molecule has 0 aliphatic carbocycles. The second kappa shape index (κ2) is 10.6. The number of ether oxygens (including phenoxy) is 2. The average molecular weight is 314 g/mol. The van der Waals surface area contributed by atoms with Gasteiger partial charge in [0.2, 0.25) is 0 Å². The number of hydrogen-bond donors (Lipinski definition) is 0. The van der Waals surface area contributed by atoms with Gasteiger partial charge in [-0.15, -0.1) is 0 Å². The highest BCUT2D eigenvalue weighted by Crippen LogP contribution is 2.20. The van der Waals surface area contributed by atoms with Crippen molar-refractivity contribution in [2.24, 2.45) is 11.8 Å². The molecule has 0 saturated heterocycles. The standard InChI is InChI=1S/C18H34O4/c1-7-15(17(20)22-18(3,4)5)13-11-9-8-10-12-14(2)16(19)21-6/h14-15H,7-13H2,1-6H3. The van der Waals surface area contributed by atoms with Crippen LogP contribution in [0.15, 0.2) is 0 Å². The summed E-state index contributed by atoms with van der Waals surface area (Å²) in [5, 5.41) is 0. The van der Waals surface area contributed by atoms with Gasteiger partial charge in [-0.3, -0.25) is 9.59 Å². The van der Waals surface area contributed by atoms with Crippen molar-refractivity contribution in [1.29, 1.82) is 0 Å². The number of esters is 2. The molecular formula is C18H34O4. The molecule has 0 saturated carbocycles. The van der Waals surface area contributed by atoms with Crippen LogP contribution >= 0.6 is 0 Å². The van der Waals surface area contributed by atoms with E-state index in [2.05, 4.69) is 0 Å². The van der Waals surface area contributed by atoms with Crippen molar-refractivity contribution in [2.45, 2.75) is 85.2 Å². The van der Waals surface area contributed by atoms with Gasteiger partial charge in [-0.25, -0.2) is 0 Å². The lowest BCUT2D eigenvalue weighted by Crippen LogP contribution is -2.28. The van der Waals surface area contributed by atoms with Crippen molar-refractivity contribution < 1.29 is 19.1 Å². The van der Waals surface area contributed by atoms with Crippen LogP contribution in [0.5, 0.6) is 0 Å². The monoisotopic (exact) mass is 314 g/mol. The molecule has 0 aromatic rings. The van der Waals surface area contributed by atoms with E-state index in [1.807, 2.05) is 34.6 Å². The third-order valence-corrected chi connectivity index (χ3v) is 3.78. The van der Waals surface area contributed by atoms with E-state index in [0.29, 0.717) is 0 Å². The van der Waals surface area contributed by atoms with E-state index < -0.39 is 5.60 Å². The largest absolute Gasteiger partial charge is 0.469 e. The van der Waals surface area contributed by atoms with Crippen LogP contribution in [0.4, 0.5) is 0 Å². The molecule has 0 amide bonds. The van der Waals surface area contributed by atoms with Gasteiger partial charge in [-0.1, -0.05) is 39.5 Å². The number of rotatable bonds is 10. The van der Waals surface area contributed by atoms with Gasteiger partial charge in [0, 0.05) is 0 Å². The fraction of sp³-hybridized carbons (Fsp3) is 0.889. The van der Waals surface area contributed by atoms with E-state index in [-0.39, 0.29) is 23.8 Å². The van der Waals surface area contributed by atoms with E-state index in [0.717, 1.165) is 44.9 Å². The van der Waals surface area contributed by atoms with Gasteiger partial charge in [0.05, 0.1) is 18.9 Å². The normalized spacial score (nSPS) is 14.3. The second-order valence-corrected chi connectivity index (χ2v) is 7.05. The zero-order valence-corrected chi connectivity index (χ0v) is 15.2. The first-order chi connectivity index (χ1) is 10.2. The van der Waals surface area contributed by atoms with Gasteiger partial charge >= 0.3 is 11.9 Å². The fourth-order valence-corrected chi connectivity index (χ4v) is 2.39. The Morgan fingerprint density at radius 3 is 1.95 bits per heavy atom. The fourth-order valence-electron chi connectivity index (χ4n) is 2.39. The molecule has 4 heteroatoms. The molecule has 2 atom stereocenters. The van der Waals surface area contributed by atoms with Crippen LogP contribution in [0.2, 0.25) is 0 Å². The van der Waals surface area contributed by atoms with Crippen molar-refractivity contribution in [1.82, 2.24) is 0 Å². The molecule has 0 N–H and O–H groups in total. The number of carbonyl (C=O) groups is 2. The first kappa shape index (κ1) is 20.9. The van der Waals surface area contributed by atoms with Crippen molar-refractivity contribution in [2.75, 3.05) is 7.11 Å². The Morgan fingerprint density at radius 1 is 0.955 bits per heavy atom. The third kappa shape index (κ3) is 9.80. The summed E-state index contributed by atoms with van der Waals surface area (Å²) in [6.45, 7) is 9.65. The Kier molecular flexibility index (Phi) is 10.1. The minimum atomic E-state index is -0.408. The SMILES string of the molecule is CCC(CCCCCCC(C)C(=O)OC)C(=O)OC(C)(C)C. The van der Waals surface area contributed by atoms with Crippen LogP contribution < -0.4 is 0 Å². The Morgan fingerprint density at radius 2 is 1.50 bits per heavy atom. The van der Waals surface area contributed by atoms with Crippen molar-refractivity contribution >= 4 is 11.9 Å². The molecule has 0 aliphatic rings. The van der Waals surface area contributed by atoms with Gasteiger partial charge < -0.3 is 9.47 Å². The molecular weight excluding hydrogens is 280 g/mol. The Labute approximate surface area is 135 Å². The van der Waals surface area contributed by atoms with Gasteiger partial charge in [0.15, 0.2) is 0 Å². The average Bonchev–Trinajstić information content (AvgIpc) is 2.43. The van der Waals surface area contributed by atoms with Gasteiger partial charge in [-0.05, 0) is 40.0 Å². The molecule has 2 unspecified atom stereocenters. The quantitative estimate of drug-likeness (QED) is 0.440. The molecule has 0 aromatic carbocycles. The minimum absolute atomic E-state index is 0.00761. The molecule has 0 fully saturated rings. The molecule has 0 spiro atoms. The van der Waals surface area contributed by atoms with Gasteiger partial charge in [0.1, 0.15) is 5.60 Å². The number of unbranched alkanes of at least 4 members (excludes halogenated alkanes) is 3. The first-order valence-corrected chi connectivity index (χ1v) is 8.52. The van der Waals surface area contributed by atoms with Gasteiger partial charge in [-0.2, -0.15) is 0 Å². The summed E-state index contributed by atoms with van der Waals surface area (Å²) in [6.07, 6.45) is 6.82. The lowest BCUT2D eigenvalue weighted by atomic mass is 9.96. The molecule has 130 valence electrons. The summed E-state index contributed by atoms with van der Waals surface area (Å²) < 4.78 is 10.2. The highest BCUT2D eigenvalue weighted by atomic mass is 16.6. The highest BCUT2D eigenvalue weighted by Gasteiger charge is 2.23. The van der Waals surface area contributed by atoms with Crippen molar-refractivity contribution in [3.05, 3.63) is 0 Å². The van der Waals surface area contributed by atoms with Crippen LogP contribution in [-0.2, 0) is 19.1 Å². The Bertz CT molecular complexity index is 330. The van der Waals surface area contributed by atoms with Crippen molar-refractivity contribution in [3.63, 3.8) is 0 Å². The van der Waals surface area contributed by atoms with Crippen LogP contribution in [0, 0.1) is 11.8 Å². The third-order valence-electron chi connectivity index (χ3n) is 3.78. The minimum Gasteiger partial charge on any atom is -0.469 e. The molecule has 0 aliphatic heterocycles. The van der Waals surface area contributed by atoms with Crippen LogP contribution in [0.1, 0.15) is 79.6 Å². The lowest BCUT2D eigenvalue weighted by molar-refractivity contribution is -0.160. The number of hydrogen-bond acceptors (Lipinski definition) is 4. The molecule has 0 aromatic heterocycles. The topological polar surface area (TPSA) is 52.6 Å². The summed E-state index contributed by atoms with van der Waals surface area (Å²) in [6, 6.07) is 0. The van der Waals surface area contributed by atoms with E-state index >= 15 is 0 Å². The second-order valence-electron chi connectivity index (χ2n) is 7.05. The number of methoxy groups -OCH3 is 1. The maximum atomic E-state index is 12.0. The predicted octanol–water partition coefficient (Wildman–Crippen LogP) is 4.50. The summed E-state index contributed by atoms with van der Waals surface area (Å²) in [4.78, 5) is 23.3. The van der Waals surface area contributed by atoms with E-state index in [1.165, 1.54) is 7.11 Å². The molecule has 0 radical (unpaired) electrons. The predicted molar refractivity (Wildman–Crippen MR) is 88.5 cm³/mol. The van der Waals surface area contributed by atoms with Crippen LogP contribution in [0.3, 0.4) is 0 Å². The van der Waals surface area contributed by atoms with E-state index in [1.54, 1.807) is 0 Å². The Hall–Kier alpha value is -1.06. The number of carbonyl (C=O) groups excluding carboxylic acids is 2. The molecule has 22 heavy (non-hydrogen) atoms. The van der Waals surface area contributed by atoms with Gasteiger partial charge in [0.25, 0.3) is 0 Å². The highest BCUT2D eigenvalue weighted by molar-refractivity contribution is 5.72. The van der Waals surface area contributed by atoms with Crippen molar-refractivity contribution in [3.8, 4) is 0 Å². The van der Waals surface area contributed by atoms with E-state index in [9.17, 15) is 9.59 Å². The summed E-state index contributed by atoms with van der Waals surface area (Å²) in [7, 11) is 1.43. The van der Waals surface area contributed by atoms with Crippen LogP contribution in [0.25, 0.3) is 0 Å².